The molecular weight excluding hydrogens is 187 g/mol. The number of aromatic amines is 1. The average Bonchev–Trinajstić information content (AvgIpc) is 2.11. The minimum Gasteiger partial charge on any atom is -0.315 e. The third-order valence-electron chi connectivity index (χ3n) is 1.64. The molecule has 2 heterocycles. The van der Waals surface area contributed by atoms with E-state index < -0.39 is 0 Å². The van der Waals surface area contributed by atoms with Crippen molar-refractivity contribution >= 4 is 24.8 Å². The molecule has 2 rings (SSSR count). The molecule has 0 amide bonds. The Labute approximate surface area is 77.0 Å². The predicted molar refractivity (Wildman–Crippen MR) is 46.5 cm³/mol. The second-order valence-corrected chi connectivity index (χ2v) is 2.25. The Morgan fingerprint density at radius 3 is 2.45 bits per heavy atom. The average molecular weight is 197 g/mol. The van der Waals surface area contributed by atoms with Crippen LogP contribution in [0.25, 0.3) is 0 Å². The van der Waals surface area contributed by atoms with Crippen LogP contribution >= 0.6 is 24.8 Å². The molecule has 0 spiro atoms. The van der Waals surface area contributed by atoms with Gasteiger partial charge in [-0.05, 0) is 0 Å². The van der Waals surface area contributed by atoms with Crippen LogP contribution in [0.3, 0.4) is 0 Å². The molecule has 0 radical (unpaired) electrons. The van der Waals surface area contributed by atoms with Gasteiger partial charge in [-0.3, -0.25) is 5.10 Å². The summed E-state index contributed by atoms with van der Waals surface area (Å²) in [4.78, 5) is 0. The minimum atomic E-state index is 0. The van der Waals surface area contributed by atoms with E-state index in [1.165, 1.54) is 0 Å². The predicted octanol–water partition coefficient (Wildman–Crippen LogP) is 0.335. The number of hydrogen-bond acceptors (Lipinski definition) is 3. The highest BCUT2D eigenvalue weighted by atomic mass is 35.5. The summed E-state index contributed by atoms with van der Waals surface area (Å²) in [5.41, 5.74) is 1.08. The van der Waals surface area contributed by atoms with Gasteiger partial charge in [0.05, 0.1) is 5.69 Å². The van der Waals surface area contributed by atoms with Gasteiger partial charge in [0.2, 0.25) is 0 Å². The fraction of sp³-hybridized carbons (Fsp3) is 0.600. The summed E-state index contributed by atoms with van der Waals surface area (Å²) in [6, 6.07) is 0. The van der Waals surface area contributed by atoms with E-state index in [2.05, 4.69) is 20.7 Å². The number of aromatic nitrogens is 3. The van der Waals surface area contributed by atoms with E-state index in [0.29, 0.717) is 5.92 Å². The highest BCUT2D eigenvalue weighted by molar-refractivity contribution is 5.85. The van der Waals surface area contributed by atoms with Gasteiger partial charge >= 0.3 is 0 Å². The summed E-state index contributed by atoms with van der Waals surface area (Å²) >= 11 is 0. The molecule has 6 heteroatoms. The lowest BCUT2D eigenvalue weighted by atomic mass is 10.0. The Morgan fingerprint density at radius 1 is 1.36 bits per heavy atom. The summed E-state index contributed by atoms with van der Waals surface area (Å²) in [6.45, 7) is 2.10. The fourth-order valence-electron chi connectivity index (χ4n) is 0.908. The maximum Gasteiger partial charge on any atom is 0.0880 e. The molecule has 0 saturated carbocycles. The van der Waals surface area contributed by atoms with Gasteiger partial charge in [-0.25, -0.2) is 0 Å². The van der Waals surface area contributed by atoms with Gasteiger partial charge in [0.25, 0.3) is 0 Å². The molecule has 1 fully saturated rings. The van der Waals surface area contributed by atoms with Crippen molar-refractivity contribution in [2.75, 3.05) is 13.1 Å². The van der Waals surface area contributed by atoms with Crippen LogP contribution in [0, 0.1) is 0 Å². The van der Waals surface area contributed by atoms with Crippen molar-refractivity contribution in [3.63, 3.8) is 0 Å². The molecule has 2 N–H and O–H groups in total. The van der Waals surface area contributed by atoms with Gasteiger partial charge in [-0.1, -0.05) is 5.21 Å². The molecule has 0 aliphatic carbocycles. The summed E-state index contributed by atoms with van der Waals surface area (Å²) in [5.74, 6) is 0.601. The summed E-state index contributed by atoms with van der Waals surface area (Å²) in [7, 11) is 0. The van der Waals surface area contributed by atoms with E-state index in [0.717, 1.165) is 18.8 Å². The monoisotopic (exact) mass is 196 g/mol. The molecular formula is C5H10Cl2N4. The first-order chi connectivity index (χ1) is 4.47. The van der Waals surface area contributed by atoms with Gasteiger partial charge in [-0.15, -0.1) is 29.9 Å². The fourth-order valence-corrected chi connectivity index (χ4v) is 0.908. The van der Waals surface area contributed by atoms with Gasteiger partial charge in [0.1, 0.15) is 0 Å². The zero-order valence-electron chi connectivity index (χ0n) is 5.78. The summed E-state index contributed by atoms with van der Waals surface area (Å²) in [6.07, 6.45) is 1.85. The van der Waals surface area contributed by atoms with Crippen LogP contribution in [0.2, 0.25) is 0 Å². The lowest BCUT2D eigenvalue weighted by Gasteiger charge is -2.24. The van der Waals surface area contributed by atoms with Crippen molar-refractivity contribution < 1.29 is 0 Å². The van der Waals surface area contributed by atoms with Crippen LogP contribution in [0.4, 0.5) is 0 Å². The van der Waals surface area contributed by atoms with Crippen LogP contribution in [-0.4, -0.2) is 28.5 Å². The van der Waals surface area contributed by atoms with E-state index in [1.54, 1.807) is 0 Å². The highest BCUT2D eigenvalue weighted by Crippen LogP contribution is 2.14. The van der Waals surface area contributed by atoms with Crippen LogP contribution in [-0.2, 0) is 0 Å². The van der Waals surface area contributed by atoms with Crippen molar-refractivity contribution in [3.8, 4) is 0 Å². The molecule has 64 valence electrons. The third-order valence-corrected chi connectivity index (χ3v) is 1.64. The molecule has 4 nitrogen and oxygen atoms in total. The molecule has 0 aromatic carbocycles. The number of rotatable bonds is 1. The largest absolute Gasteiger partial charge is 0.315 e. The van der Waals surface area contributed by atoms with E-state index in [4.69, 9.17) is 0 Å². The van der Waals surface area contributed by atoms with E-state index in [1.807, 2.05) is 6.20 Å². The molecule has 11 heavy (non-hydrogen) atoms. The number of halogens is 2. The van der Waals surface area contributed by atoms with Crippen LogP contribution in [0.1, 0.15) is 11.6 Å². The topological polar surface area (TPSA) is 53.6 Å². The molecule has 1 aliphatic heterocycles. The van der Waals surface area contributed by atoms with Crippen LogP contribution < -0.4 is 5.32 Å². The Balaban J connectivity index is 0.000000500. The molecule has 0 bridgehead atoms. The molecule has 0 unspecified atom stereocenters. The van der Waals surface area contributed by atoms with E-state index in [-0.39, 0.29) is 24.8 Å². The van der Waals surface area contributed by atoms with Gasteiger partial charge in [0, 0.05) is 25.2 Å². The lowest BCUT2D eigenvalue weighted by molar-refractivity contribution is 0.439. The Hall–Kier alpha value is -0.320. The second-order valence-electron chi connectivity index (χ2n) is 2.25. The number of H-pyrrole nitrogens is 1. The maximum absolute atomic E-state index is 3.89. The van der Waals surface area contributed by atoms with Gasteiger partial charge < -0.3 is 5.32 Å². The van der Waals surface area contributed by atoms with Crippen molar-refractivity contribution in [1.29, 1.82) is 0 Å². The first-order valence-corrected chi connectivity index (χ1v) is 3.04. The summed E-state index contributed by atoms with van der Waals surface area (Å²) in [5, 5.41) is 13.4. The Bertz CT molecular complexity index is 184. The van der Waals surface area contributed by atoms with Crippen molar-refractivity contribution in [2.24, 2.45) is 0 Å². The number of hydrogen-bond donors (Lipinski definition) is 2. The van der Waals surface area contributed by atoms with Crippen molar-refractivity contribution in [2.45, 2.75) is 5.92 Å². The third kappa shape index (κ3) is 2.05. The Morgan fingerprint density at radius 2 is 2.09 bits per heavy atom. The highest BCUT2D eigenvalue weighted by Gasteiger charge is 2.20. The van der Waals surface area contributed by atoms with Crippen molar-refractivity contribution in [3.05, 3.63) is 11.9 Å². The molecule has 1 aromatic rings. The molecule has 1 aromatic heterocycles. The molecule has 1 saturated heterocycles. The standard InChI is InChI=1S/C5H8N4.2ClH/c1-4(2-6-1)5-3-7-9-8-5;;/h3-4,6H,1-2H2,(H,7,8,9);2*1H. The summed E-state index contributed by atoms with van der Waals surface area (Å²) < 4.78 is 0. The maximum atomic E-state index is 3.89. The number of nitrogens with zero attached hydrogens (tertiary/aromatic N) is 2. The van der Waals surface area contributed by atoms with Gasteiger partial charge in [-0.2, -0.15) is 0 Å². The van der Waals surface area contributed by atoms with E-state index in [9.17, 15) is 0 Å². The van der Waals surface area contributed by atoms with Crippen LogP contribution in [0.5, 0.6) is 0 Å². The number of nitrogens with one attached hydrogen (secondary N) is 2. The minimum absolute atomic E-state index is 0. The normalized spacial score (nSPS) is 16.0. The zero-order valence-corrected chi connectivity index (χ0v) is 7.41. The Kier molecular flexibility index (Phi) is 4.40. The second kappa shape index (κ2) is 4.54. The first kappa shape index (κ1) is 10.7. The first-order valence-electron chi connectivity index (χ1n) is 3.04. The smallest absolute Gasteiger partial charge is 0.0880 e. The van der Waals surface area contributed by atoms with E-state index >= 15 is 0 Å². The molecule has 1 aliphatic rings. The zero-order chi connectivity index (χ0) is 6.10. The van der Waals surface area contributed by atoms with Gasteiger partial charge in [0.15, 0.2) is 0 Å². The quantitative estimate of drug-likeness (QED) is 0.682. The molecule has 0 atom stereocenters. The van der Waals surface area contributed by atoms with Crippen LogP contribution in [0.15, 0.2) is 6.20 Å². The van der Waals surface area contributed by atoms with Crippen molar-refractivity contribution in [1.82, 2.24) is 20.7 Å². The lowest BCUT2D eigenvalue weighted by Crippen LogP contribution is -2.40. The SMILES string of the molecule is Cl.Cl.c1[nH]nnc1C1CNC1.